The minimum atomic E-state index is -1.16. The number of amides is 1. The van der Waals surface area contributed by atoms with Crippen LogP contribution in [0.2, 0.25) is 0 Å². The zero-order valence-corrected chi connectivity index (χ0v) is 14.6. The minimum absolute atomic E-state index is 0.310. The standard InChI is InChI=1S/C19H20N2O3S/c22-17(21-19(18(23)24)7-9-25-10-8-19)14-11-16(12-5-6-12)20-15-4-2-1-3-13(14)15/h1-4,11-12H,5-10H2,(H,21,22)(H,23,24). The average Bonchev–Trinajstić information content (AvgIpc) is 3.46. The summed E-state index contributed by atoms with van der Waals surface area (Å²) in [5.41, 5.74) is 1.10. The minimum Gasteiger partial charge on any atom is -0.480 e. The summed E-state index contributed by atoms with van der Waals surface area (Å²) in [6.45, 7) is 0. The van der Waals surface area contributed by atoms with Gasteiger partial charge in [0.05, 0.1) is 11.1 Å². The van der Waals surface area contributed by atoms with Crippen molar-refractivity contribution in [1.82, 2.24) is 10.3 Å². The van der Waals surface area contributed by atoms with Crippen LogP contribution in [0.4, 0.5) is 0 Å². The maximum Gasteiger partial charge on any atom is 0.329 e. The molecule has 0 bridgehead atoms. The number of rotatable bonds is 4. The lowest BCUT2D eigenvalue weighted by Crippen LogP contribution is -2.56. The number of carbonyl (C=O) groups excluding carboxylic acids is 1. The van der Waals surface area contributed by atoms with Gasteiger partial charge in [-0.05, 0) is 49.3 Å². The van der Waals surface area contributed by atoms with E-state index in [1.165, 1.54) is 0 Å². The Morgan fingerprint density at radius 1 is 1.20 bits per heavy atom. The number of pyridine rings is 1. The molecule has 2 N–H and O–H groups in total. The molecule has 1 saturated carbocycles. The molecule has 4 rings (SSSR count). The van der Waals surface area contributed by atoms with Crippen molar-refractivity contribution < 1.29 is 14.7 Å². The van der Waals surface area contributed by atoms with Crippen LogP contribution in [0.1, 0.15) is 47.7 Å². The summed E-state index contributed by atoms with van der Waals surface area (Å²) in [6.07, 6.45) is 3.11. The molecule has 130 valence electrons. The topological polar surface area (TPSA) is 79.3 Å². The van der Waals surface area contributed by atoms with Crippen LogP contribution in [-0.2, 0) is 4.79 Å². The fourth-order valence-corrected chi connectivity index (χ4v) is 4.56. The lowest BCUT2D eigenvalue weighted by atomic mass is 9.91. The molecule has 0 unspecified atom stereocenters. The van der Waals surface area contributed by atoms with Gasteiger partial charge < -0.3 is 10.4 Å². The van der Waals surface area contributed by atoms with Gasteiger partial charge >= 0.3 is 5.97 Å². The van der Waals surface area contributed by atoms with Crippen molar-refractivity contribution in [2.24, 2.45) is 0 Å². The van der Waals surface area contributed by atoms with Crippen LogP contribution in [0.25, 0.3) is 10.9 Å². The summed E-state index contributed by atoms with van der Waals surface area (Å²) in [6, 6.07) is 9.41. The molecule has 0 atom stereocenters. The molecule has 0 spiro atoms. The Kier molecular flexibility index (Phi) is 4.15. The van der Waals surface area contributed by atoms with E-state index in [1.54, 1.807) is 11.8 Å². The Balaban J connectivity index is 1.72. The van der Waals surface area contributed by atoms with Gasteiger partial charge in [0.15, 0.2) is 0 Å². The number of benzene rings is 1. The zero-order valence-electron chi connectivity index (χ0n) is 13.8. The highest BCUT2D eigenvalue weighted by Crippen LogP contribution is 2.40. The van der Waals surface area contributed by atoms with Gasteiger partial charge in [-0.2, -0.15) is 11.8 Å². The summed E-state index contributed by atoms with van der Waals surface area (Å²) in [5, 5.41) is 13.3. The van der Waals surface area contributed by atoms with Crippen molar-refractivity contribution in [2.45, 2.75) is 37.1 Å². The third-order valence-electron chi connectivity index (χ3n) is 5.08. The Hall–Kier alpha value is -2.08. The lowest BCUT2D eigenvalue weighted by molar-refractivity contribution is -0.144. The second kappa shape index (κ2) is 6.33. The number of hydrogen-bond donors (Lipinski definition) is 2. The summed E-state index contributed by atoms with van der Waals surface area (Å²) < 4.78 is 0. The van der Waals surface area contributed by atoms with Gasteiger partial charge in [0.25, 0.3) is 5.91 Å². The number of thioether (sulfide) groups is 1. The summed E-state index contributed by atoms with van der Waals surface area (Å²) >= 11 is 1.73. The maximum atomic E-state index is 13.0. The Morgan fingerprint density at radius 2 is 1.92 bits per heavy atom. The third-order valence-corrected chi connectivity index (χ3v) is 6.07. The van der Waals surface area contributed by atoms with E-state index in [1.807, 2.05) is 30.3 Å². The predicted octanol–water partition coefficient (Wildman–Crippen LogP) is 3.19. The molecule has 2 heterocycles. The van der Waals surface area contributed by atoms with Crippen molar-refractivity contribution in [3.63, 3.8) is 0 Å². The molecule has 5 nitrogen and oxygen atoms in total. The van der Waals surface area contributed by atoms with Crippen molar-refractivity contribution in [3.05, 3.63) is 41.6 Å². The molecule has 1 amide bonds. The van der Waals surface area contributed by atoms with E-state index in [-0.39, 0.29) is 5.91 Å². The number of hydrogen-bond acceptors (Lipinski definition) is 4. The van der Waals surface area contributed by atoms with Crippen LogP contribution < -0.4 is 5.32 Å². The molecule has 1 aliphatic heterocycles. The largest absolute Gasteiger partial charge is 0.480 e. The molecule has 2 aliphatic rings. The van der Waals surface area contributed by atoms with Gasteiger partial charge in [-0.15, -0.1) is 0 Å². The number of carboxylic acids is 1. The monoisotopic (exact) mass is 356 g/mol. The number of aliphatic carboxylic acids is 1. The Morgan fingerprint density at radius 3 is 2.60 bits per heavy atom. The molecule has 2 fully saturated rings. The first-order valence-corrected chi connectivity index (χ1v) is 9.78. The van der Waals surface area contributed by atoms with Crippen LogP contribution in [0, 0.1) is 0 Å². The van der Waals surface area contributed by atoms with E-state index in [9.17, 15) is 14.7 Å². The van der Waals surface area contributed by atoms with Gasteiger partial charge in [-0.25, -0.2) is 4.79 Å². The van der Waals surface area contributed by atoms with E-state index in [0.717, 1.165) is 40.9 Å². The fraction of sp³-hybridized carbons (Fsp3) is 0.421. The van der Waals surface area contributed by atoms with Gasteiger partial charge in [0, 0.05) is 17.0 Å². The van der Waals surface area contributed by atoms with Gasteiger partial charge in [-0.1, -0.05) is 18.2 Å². The van der Waals surface area contributed by atoms with E-state index in [0.29, 0.717) is 24.3 Å². The molecule has 1 aromatic heterocycles. The molecular formula is C19H20N2O3S. The SMILES string of the molecule is O=C(NC1(C(=O)O)CCSCC1)c1cc(C2CC2)nc2ccccc12. The molecule has 25 heavy (non-hydrogen) atoms. The molecule has 1 aromatic carbocycles. The second-order valence-corrected chi connectivity index (χ2v) is 8.06. The first-order chi connectivity index (χ1) is 12.1. The molecule has 1 aliphatic carbocycles. The number of carbonyl (C=O) groups is 2. The second-order valence-electron chi connectivity index (χ2n) is 6.84. The van der Waals surface area contributed by atoms with Crippen LogP contribution in [0.5, 0.6) is 0 Å². The fourth-order valence-electron chi connectivity index (χ4n) is 3.37. The number of carboxylic acid groups (broad SMARTS) is 1. The van der Waals surface area contributed by atoms with E-state index < -0.39 is 11.5 Å². The van der Waals surface area contributed by atoms with Crippen molar-refractivity contribution >= 4 is 34.5 Å². The predicted molar refractivity (Wildman–Crippen MR) is 98.1 cm³/mol. The first-order valence-electron chi connectivity index (χ1n) is 8.62. The van der Waals surface area contributed by atoms with Crippen LogP contribution >= 0.6 is 11.8 Å². The van der Waals surface area contributed by atoms with Gasteiger partial charge in [0.1, 0.15) is 5.54 Å². The molecule has 1 saturated heterocycles. The normalized spacial score (nSPS) is 19.5. The van der Waals surface area contributed by atoms with Gasteiger partial charge in [-0.3, -0.25) is 9.78 Å². The van der Waals surface area contributed by atoms with E-state index in [4.69, 9.17) is 0 Å². The molecule has 6 heteroatoms. The Bertz CT molecular complexity index is 842. The first kappa shape index (κ1) is 16.4. The Labute approximate surface area is 150 Å². The summed E-state index contributed by atoms with van der Waals surface area (Å²) in [4.78, 5) is 29.6. The van der Waals surface area contributed by atoms with Crippen molar-refractivity contribution in [2.75, 3.05) is 11.5 Å². The lowest BCUT2D eigenvalue weighted by Gasteiger charge is -2.33. The summed E-state index contributed by atoms with van der Waals surface area (Å²) in [5.74, 6) is 0.668. The molecular weight excluding hydrogens is 336 g/mol. The van der Waals surface area contributed by atoms with Crippen LogP contribution in [-0.4, -0.2) is 39.0 Å². The van der Waals surface area contributed by atoms with Crippen LogP contribution in [0.15, 0.2) is 30.3 Å². The zero-order chi connectivity index (χ0) is 17.4. The number of fused-ring (bicyclic) bond motifs is 1. The number of nitrogens with one attached hydrogen (secondary N) is 1. The number of para-hydroxylation sites is 1. The number of aromatic nitrogens is 1. The van der Waals surface area contributed by atoms with E-state index in [2.05, 4.69) is 10.3 Å². The van der Waals surface area contributed by atoms with E-state index >= 15 is 0 Å². The quantitative estimate of drug-likeness (QED) is 0.879. The number of nitrogens with zero attached hydrogens (tertiary/aromatic N) is 1. The highest BCUT2D eigenvalue weighted by molar-refractivity contribution is 7.99. The molecule has 0 radical (unpaired) electrons. The molecule has 2 aromatic rings. The highest BCUT2D eigenvalue weighted by Gasteiger charge is 2.41. The van der Waals surface area contributed by atoms with Gasteiger partial charge in [0.2, 0.25) is 0 Å². The summed E-state index contributed by atoms with van der Waals surface area (Å²) in [7, 11) is 0. The van der Waals surface area contributed by atoms with Crippen molar-refractivity contribution in [1.29, 1.82) is 0 Å². The highest BCUT2D eigenvalue weighted by atomic mass is 32.2. The third kappa shape index (κ3) is 3.11. The maximum absolute atomic E-state index is 13.0. The average molecular weight is 356 g/mol. The smallest absolute Gasteiger partial charge is 0.329 e. The van der Waals surface area contributed by atoms with Crippen molar-refractivity contribution in [3.8, 4) is 0 Å². The van der Waals surface area contributed by atoms with Crippen LogP contribution in [0.3, 0.4) is 0 Å².